The molecule has 0 spiro atoms. The zero-order valence-corrected chi connectivity index (χ0v) is 15.3. The van der Waals surface area contributed by atoms with E-state index in [9.17, 15) is 5.11 Å². The van der Waals surface area contributed by atoms with Crippen molar-refractivity contribution in [3.05, 3.63) is 59.6 Å². The van der Waals surface area contributed by atoms with Crippen molar-refractivity contribution < 1.29 is 9.84 Å². The third-order valence-electron chi connectivity index (χ3n) is 3.67. The van der Waals surface area contributed by atoms with E-state index in [0.717, 1.165) is 22.2 Å². The standard InChI is InChI=1S/C19H19ClN2O2.ClH/c1-21-11-15(23)12-24-19-10-17(13-5-3-2-4-6-13)22-18-9-14(20)7-8-16(18)19;/h2-10,15,21,23H,11-12H2,1H3;1H. The van der Waals surface area contributed by atoms with Gasteiger partial charge >= 0.3 is 0 Å². The lowest BCUT2D eigenvalue weighted by molar-refractivity contribution is 0.109. The SMILES string of the molecule is CNCC(O)COc1cc(-c2ccccc2)nc2cc(Cl)ccc12.Cl. The Balaban J connectivity index is 0.00000225. The van der Waals surface area contributed by atoms with E-state index in [1.54, 1.807) is 7.05 Å². The summed E-state index contributed by atoms with van der Waals surface area (Å²) in [5.41, 5.74) is 2.57. The molecule has 132 valence electrons. The molecule has 1 atom stereocenters. The summed E-state index contributed by atoms with van der Waals surface area (Å²) in [5.74, 6) is 0.686. The highest BCUT2D eigenvalue weighted by Crippen LogP contribution is 2.31. The van der Waals surface area contributed by atoms with Gasteiger partial charge in [0, 0.05) is 28.6 Å². The number of pyridine rings is 1. The summed E-state index contributed by atoms with van der Waals surface area (Å²) >= 11 is 6.11. The fourth-order valence-electron chi connectivity index (χ4n) is 2.53. The highest BCUT2D eigenvalue weighted by Gasteiger charge is 2.11. The van der Waals surface area contributed by atoms with E-state index in [2.05, 4.69) is 5.32 Å². The Morgan fingerprint density at radius 3 is 2.64 bits per heavy atom. The molecule has 6 heteroatoms. The molecule has 2 aromatic carbocycles. The Morgan fingerprint density at radius 1 is 1.16 bits per heavy atom. The maximum Gasteiger partial charge on any atom is 0.131 e. The molecular weight excluding hydrogens is 359 g/mol. The number of benzene rings is 2. The van der Waals surface area contributed by atoms with Crippen LogP contribution in [0.5, 0.6) is 5.75 Å². The fourth-order valence-corrected chi connectivity index (χ4v) is 2.69. The number of nitrogens with one attached hydrogen (secondary N) is 1. The van der Waals surface area contributed by atoms with Crippen molar-refractivity contribution in [2.75, 3.05) is 20.2 Å². The number of rotatable bonds is 6. The number of nitrogens with zero attached hydrogens (tertiary/aromatic N) is 1. The lowest BCUT2D eigenvalue weighted by Crippen LogP contribution is -2.29. The number of aliphatic hydroxyl groups excluding tert-OH is 1. The third kappa shape index (κ3) is 4.83. The van der Waals surface area contributed by atoms with Crippen LogP contribution in [-0.4, -0.2) is 36.4 Å². The topological polar surface area (TPSA) is 54.4 Å². The molecule has 1 aromatic heterocycles. The first-order valence-corrected chi connectivity index (χ1v) is 8.16. The lowest BCUT2D eigenvalue weighted by atomic mass is 10.1. The second-order valence-electron chi connectivity index (χ2n) is 5.56. The normalized spacial score (nSPS) is 11.8. The molecule has 0 aliphatic heterocycles. The van der Waals surface area contributed by atoms with Gasteiger partial charge in [-0.05, 0) is 25.2 Å². The van der Waals surface area contributed by atoms with Crippen LogP contribution in [0.2, 0.25) is 5.02 Å². The predicted molar refractivity (Wildman–Crippen MR) is 105 cm³/mol. The largest absolute Gasteiger partial charge is 0.490 e. The van der Waals surface area contributed by atoms with Gasteiger partial charge in [-0.3, -0.25) is 0 Å². The van der Waals surface area contributed by atoms with Crippen molar-refractivity contribution >= 4 is 34.9 Å². The number of ether oxygens (including phenoxy) is 1. The van der Waals surface area contributed by atoms with Gasteiger partial charge in [0.15, 0.2) is 0 Å². The molecular formula is C19H20Cl2N2O2. The molecule has 3 rings (SSSR count). The lowest BCUT2D eigenvalue weighted by Gasteiger charge is -2.15. The molecule has 0 bridgehead atoms. The smallest absolute Gasteiger partial charge is 0.131 e. The molecule has 0 amide bonds. The Labute approximate surface area is 158 Å². The minimum absolute atomic E-state index is 0. The van der Waals surface area contributed by atoms with E-state index < -0.39 is 6.10 Å². The van der Waals surface area contributed by atoms with Crippen molar-refractivity contribution in [1.29, 1.82) is 0 Å². The van der Waals surface area contributed by atoms with E-state index in [-0.39, 0.29) is 19.0 Å². The summed E-state index contributed by atoms with van der Waals surface area (Å²) in [6.07, 6.45) is -0.578. The van der Waals surface area contributed by atoms with Crippen molar-refractivity contribution in [1.82, 2.24) is 10.3 Å². The van der Waals surface area contributed by atoms with Crippen LogP contribution in [-0.2, 0) is 0 Å². The van der Waals surface area contributed by atoms with Crippen molar-refractivity contribution in [3.8, 4) is 17.0 Å². The maximum atomic E-state index is 9.89. The molecule has 0 aliphatic carbocycles. The van der Waals surface area contributed by atoms with Crippen molar-refractivity contribution in [3.63, 3.8) is 0 Å². The van der Waals surface area contributed by atoms with Crippen molar-refractivity contribution in [2.24, 2.45) is 0 Å². The molecule has 4 nitrogen and oxygen atoms in total. The summed E-state index contributed by atoms with van der Waals surface area (Å²) in [4.78, 5) is 4.69. The van der Waals surface area contributed by atoms with Crippen LogP contribution >= 0.6 is 24.0 Å². The minimum atomic E-state index is -0.578. The summed E-state index contributed by atoms with van der Waals surface area (Å²) in [5, 5.41) is 14.3. The molecule has 1 heterocycles. The molecule has 0 saturated heterocycles. The van der Waals surface area contributed by atoms with Gasteiger partial charge in [-0.25, -0.2) is 4.98 Å². The number of hydrogen-bond donors (Lipinski definition) is 2. The summed E-state index contributed by atoms with van der Waals surface area (Å²) in [6, 6.07) is 17.3. The number of fused-ring (bicyclic) bond motifs is 1. The highest BCUT2D eigenvalue weighted by atomic mass is 35.5. The molecule has 0 fully saturated rings. The second-order valence-corrected chi connectivity index (χ2v) is 5.99. The van der Waals surface area contributed by atoms with Crippen LogP contribution in [0.1, 0.15) is 0 Å². The summed E-state index contributed by atoms with van der Waals surface area (Å²) in [7, 11) is 1.79. The monoisotopic (exact) mass is 378 g/mol. The van der Waals surface area contributed by atoms with Gasteiger partial charge in [0.25, 0.3) is 0 Å². The minimum Gasteiger partial charge on any atom is -0.490 e. The Hall–Kier alpha value is -1.85. The first-order valence-electron chi connectivity index (χ1n) is 7.78. The molecule has 1 unspecified atom stereocenters. The average Bonchev–Trinajstić information content (AvgIpc) is 2.60. The van der Waals surface area contributed by atoms with Gasteiger partial charge in [0.1, 0.15) is 18.5 Å². The van der Waals surface area contributed by atoms with Crippen molar-refractivity contribution in [2.45, 2.75) is 6.10 Å². The zero-order valence-electron chi connectivity index (χ0n) is 13.8. The van der Waals surface area contributed by atoms with E-state index >= 15 is 0 Å². The van der Waals surface area contributed by atoms with Crippen LogP contribution in [0.3, 0.4) is 0 Å². The van der Waals surface area contributed by atoms with Gasteiger partial charge in [0.05, 0.1) is 11.2 Å². The van der Waals surface area contributed by atoms with Crippen LogP contribution in [0.4, 0.5) is 0 Å². The first-order chi connectivity index (χ1) is 11.7. The quantitative estimate of drug-likeness (QED) is 0.681. The van der Waals surface area contributed by atoms with E-state index in [4.69, 9.17) is 21.3 Å². The number of halogens is 2. The second kappa shape index (κ2) is 9.02. The number of aliphatic hydroxyl groups is 1. The molecule has 0 radical (unpaired) electrons. The molecule has 0 aliphatic rings. The molecule has 3 aromatic rings. The van der Waals surface area contributed by atoms with Crippen LogP contribution in [0, 0.1) is 0 Å². The van der Waals surface area contributed by atoms with Gasteiger partial charge < -0.3 is 15.2 Å². The van der Waals surface area contributed by atoms with E-state index in [0.29, 0.717) is 17.3 Å². The van der Waals surface area contributed by atoms with Gasteiger partial charge in [-0.1, -0.05) is 41.9 Å². The number of likely N-dealkylation sites (N-methyl/N-ethyl adjacent to an activating group) is 1. The third-order valence-corrected chi connectivity index (χ3v) is 3.91. The van der Waals surface area contributed by atoms with Gasteiger partial charge in [-0.15, -0.1) is 12.4 Å². The molecule has 0 saturated carbocycles. The number of aromatic nitrogens is 1. The fraction of sp³-hybridized carbons (Fsp3) is 0.211. The summed E-state index contributed by atoms with van der Waals surface area (Å²) < 4.78 is 5.86. The van der Waals surface area contributed by atoms with Crippen LogP contribution < -0.4 is 10.1 Å². The first kappa shape index (κ1) is 19.5. The number of hydrogen-bond acceptors (Lipinski definition) is 4. The zero-order chi connectivity index (χ0) is 16.9. The molecule has 2 N–H and O–H groups in total. The average molecular weight is 379 g/mol. The Bertz CT molecular complexity index is 828. The van der Waals surface area contributed by atoms with E-state index in [1.807, 2.05) is 54.6 Å². The van der Waals surface area contributed by atoms with Gasteiger partial charge in [0.2, 0.25) is 0 Å². The molecule has 25 heavy (non-hydrogen) atoms. The predicted octanol–water partition coefficient (Wildman–Crippen LogP) is 3.94. The highest BCUT2D eigenvalue weighted by molar-refractivity contribution is 6.31. The van der Waals surface area contributed by atoms with Crippen LogP contribution in [0.25, 0.3) is 22.2 Å². The Morgan fingerprint density at radius 2 is 1.92 bits per heavy atom. The Kier molecular flexibility index (Phi) is 7.02. The maximum absolute atomic E-state index is 9.89. The van der Waals surface area contributed by atoms with E-state index in [1.165, 1.54) is 0 Å². The van der Waals surface area contributed by atoms with Crippen LogP contribution in [0.15, 0.2) is 54.6 Å². The van der Waals surface area contributed by atoms with Gasteiger partial charge in [-0.2, -0.15) is 0 Å². The summed E-state index contributed by atoms with van der Waals surface area (Å²) in [6.45, 7) is 0.678.